The van der Waals surface area contributed by atoms with Crippen LogP contribution >= 0.6 is 0 Å². The molecule has 9 nitrogen and oxygen atoms in total. The van der Waals surface area contributed by atoms with Gasteiger partial charge in [-0.25, -0.2) is 14.4 Å². The lowest BCUT2D eigenvalue weighted by Crippen LogP contribution is -2.48. The van der Waals surface area contributed by atoms with Crippen molar-refractivity contribution in [2.45, 2.75) is 215 Å². The van der Waals surface area contributed by atoms with Crippen LogP contribution in [-0.4, -0.2) is 65.7 Å². The lowest BCUT2D eigenvalue weighted by atomic mass is 9.59. The molecule has 7 aliphatic rings. The maximum Gasteiger partial charge on any atom is 0.410 e. The van der Waals surface area contributed by atoms with E-state index in [1.165, 1.54) is 51.4 Å². The monoisotopic (exact) mass is 876 g/mol. The lowest BCUT2D eigenvalue weighted by Gasteiger charge is -2.47. The van der Waals surface area contributed by atoms with E-state index in [4.69, 9.17) is 14.2 Å². The number of fused-ring (bicyclic) bond motifs is 3. The molecule has 0 saturated heterocycles. The van der Waals surface area contributed by atoms with Gasteiger partial charge >= 0.3 is 18.3 Å². The van der Waals surface area contributed by atoms with Gasteiger partial charge in [0.15, 0.2) is 0 Å². The highest BCUT2D eigenvalue weighted by atomic mass is 16.6. The number of rotatable bonds is 15. The summed E-state index contributed by atoms with van der Waals surface area (Å²) in [5.74, 6) is 6.17. The molecule has 9 heteroatoms. The Morgan fingerprint density at radius 3 is 1.95 bits per heavy atom. The molecule has 7 rings (SSSR count). The second-order valence-corrected chi connectivity index (χ2v) is 25.2. The molecular weight excluding hydrogens is 787 g/mol. The first kappa shape index (κ1) is 48.2. The summed E-state index contributed by atoms with van der Waals surface area (Å²) < 4.78 is 17.5. The number of alkyl carbamates (subject to hydrolysis) is 2. The molecule has 356 valence electrons. The minimum Gasteiger partial charge on any atom is -0.446 e. The number of allylic oxidation sites excluding steroid dienone is 2. The van der Waals surface area contributed by atoms with Crippen LogP contribution in [0.1, 0.15) is 185 Å². The van der Waals surface area contributed by atoms with E-state index >= 15 is 0 Å². The predicted octanol–water partition coefficient (Wildman–Crippen LogP) is 13.0. The Morgan fingerprint density at radius 2 is 1.41 bits per heavy atom. The summed E-state index contributed by atoms with van der Waals surface area (Å²) in [6.45, 7) is 29.4. The first-order valence-electron chi connectivity index (χ1n) is 25.8. The summed E-state index contributed by atoms with van der Waals surface area (Å²) >= 11 is 0. The van der Waals surface area contributed by atoms with Crippen molar-refractivity contribution < 1.29 is 28.6 Å². The van der Waals surface area contributed by atoms with Crippen LogP contribution in [0.2, 0.25) is 0 Å². The van der Waals surface area contributed by atoms with Crippen molar-refractivity contribution in [3.63, 3.8) is 0 Å². The van der Waals surface area contributed by atoms with Crippen molar-refractivity contribution in [3.8, 4) is 0 Å². The highest BCUT2D eigenvalue weighted by Gasteiger charge is 2.71. The van der Waals surface area contributed by atoms with Gasteiger partial charge < -0.3 is 29.7 Å². The zero-order valence-electron chi connectivity index (χ0n) is 41.6. The molecule has 7 aliphatic carbocycles. The first-order valence-corrected chi connectivity index (χ1v) is 25.8. The second kappa shape index (κ2) is 18.5. The fourth-order valence-electron chi connectivity index (χ4n) is 14.7. The van der Waals surface area contributed by atoms with Gasteiger partial charge in [0.25, 0.3) is 0 Å². The summed E-state index contributed by atoms with van der Waals surface area (Å²) in [7, 11) is 0. The molecule has 0 aromatic rings. The van der Waals surface area contributed by atoms with Crippen LogP contribution in [0.3, 0.4) is 0 Å². The minimum atomic E-state index is -0.522. The van der Waals surface area contributed by atoms with Gasteiger partial charge in [0.05, 0.1) is 0 Å². The van der Waals surface area contributed by atoms with Crippen molar-refractivity contribution in [1.29, 1.82) is 0 Å². The van der Waals surface area contributed by atoms with Crippen LogP contribution in [0.25, 0.3) is 0 Å². The van der Waals surface area contributed by atoms with Gasteiger partial charge in [0.2, 0.25) is 0 Å². The van der Waals surface area contributed by atoms with Crippen molar-refractivity contribution in [1.82, 2.24) is 15.5 Å². The van der Waals surface area contributed by atoms with Crippen molar-refractivity contribution in [3.05, 3.63) is 24.3 Å². The molecule has 0 aromatic heterocycles. The normalized spacial score (nSPS) is 37.7. The van der Waals surface area contributed by atoms with E-state index in [1.807, 2.05) is 46.4 Å². The topological polar surface area (TPSA) is 106 Å². The molecule has 2 bridgehead atoms. The third kappa shape index (κ3) is 10.8. The maximum absolute atomic E-state index is 14.2. The Balaban J connectivity index is 0.959. The Bertz CT molecular complexity index is 1630. The minimum absolute atomic E-state index is 0.0854. The van der Waals surface area contributed by atoms with Crippen molar-refractivity contribution in [2.24, 2.45) is 69.5 Å². The third-order valence-electron chi connectivity index (χ3n) is 18.3. The fourth-order valence-corrected chi connectivity index (χ4v) is 14.7. The van der Waals surface area contributed by atoms with E-state index in [2.05, 4.69) is 64.0 Å². The molecule has 0 heterocycles. The number of nitrogens with one attached hydrogen (secondary N) is 2. The molecule has 2 unspecified atom stereocenters. The predicted molar refractivity (Wildman–Crippen MR) is 252 cm³/mol. The average Bonchev–Trinajstić information content (AvgIpc) is 3.78. The van der Waals surface area contributed by atoms with Gasteiger partial charge in [-0.3, -0.25) is 0 Å². The molecule has 6 fully saturated rings. The van der Waals surface area contributed by atoms with E-state index in [1.54, 1.807) is 5.57 Å². The van der Waals surface area contributed by atoms with Crippen LogP contribution in [0.4, 0.5) is 14.4 Å². The highest BCUT2D eigenvalue weighted by molar-refractivity contribution is 5.69. The molecule has 3 amide bonds. The van der Waals surface area contributed by atoms with E-state index in [0.29, 0.717) is 47.6 Å². The van der Waals surface area contributed by atoms with Gasteiger partial charge in [0, 0.05) is 31.6 Å². The van der Waals surface area contributed by atoms with Crippen LogP contribution < -0.4 is 10.6 Å². The zero-order valence-corrected chi connectivity index (χ0v) is 41.6. The maximum atomic E-state index is 14.2. The van der Waals surface area contributed by atoms with Crippen molar-refractivity contribution in [2.75, 3.05) is 13.1 Å². The molecule has 0 aromatic carbocycles. The largest absolute Gasteiger partial charge is 0.446 e. The van der Waals surface area contributed by atoms with Crippen LogP contribution in [0.5, 0.6) is 0 Å². The Hall–Kier alpha value is -2.71. The van der Waals surface area contributed by atoms with Gasteiger partial charge in [-0.05, 0) is 214 Å². The highest BCUT2D eigenvalue weighted by Crippen LogP contribution is 2.79. The van der Waals surface area contributed by atoms with Crippen molar-refractivity contribution >= 4 is 18.3 Å². The van der Waals surface area contributed by atoms with E-state index in [-0.39, 0.29) is 41.9 Å². The standard InChI is InChI=1S/C54H89N3O6/c1-13-38(34(2)3)15-14-35(4)43-16-17-46-53(43,12)24-20-44-45-33-54(45,46)25-18-39-32-42(19-23-52(39,44)11)61-49(60)57(26-21-36-28-40(29-36)55-47(58)62-50(5,6)7)27-22-37-30-41(31-37)56-48(59)63-51(8,9)10/h13,18,34-38,40-46H,1,14-17,19-33H2,2-12H3,(H,55,58)(H,56,59)/t35-,36?,37?,38-,40?,41?,42+,43?,44+,45+,46-,52+,53-,54?/m1/s1. The molecule has 0 radical (unpaired) electrons. The average molecular weight is 876 g/mol. The Kier molecular flexibility index (Phi) is 14.2. The summed E-state index contributed by atoms with van der Waals surface area (Å²) in [5, 5.41) is 6.05. The van der Waals surface area contributed by atoms with Gasteiger partial charge in [-0.15, -0.1) is 6.58 Å². The first-order chi connectivity index (χ1) is 29.5. The Labute approximate surface area is 382 Å². The van der Waals surface area contributed by atoms with Gasteiger partial charge in [-0.2, -0.15) is 0 Å². The lowest BCUT2D eigenvalue weighted by molar-refractivity contribution is 0.0220. The zero-order chi connectivity index (χ0) is 45.7. The summed E-state index contributed by atoms with van der Waals surface area (Å²) in [6.07, 6.45) is 23.0. The molecular formula is C54H89N3O6. The Morgan fingerprint density at radius 1 is 0.825 bits per heavy atom. The quantitative estimate of drug-likeness (QED) is 0.125. The number of carbonyl (C=O) groups is 3. The summed E-state index contributed by atoms with van der Waals surface area (Å²) in [4.78, 5) is 40.9. The van der Waals surface area contributed by atoms with Gasteiger partial charge in [0.1, 0.15) is 17.3 Å². The number of nitrogens with zero attached hydrogens (tertiary/aromatic N) is 1. The molecule has 0 aliphatic heterocycles. The molecule has 2 N–H and O–H groups in total. The number of hydrogen-bond donors (Lipinski definition) is 2. The number of amides is 3. The van der Waals surface area contributed by atoms with Gasteiger partial charge in [-0.1, -0.05) is 52.3 Å². The number of ether oxygens (including phenoxy) is 3. The molecule has 6 saturated carbocycles. The molecule has 0 spiro atoms. The fraction of sp³-hybridized carbons (Fsp3) is 0.870. The van der Waals surface area contributed by atoms with E-state index in [0.717, 1.165) is 87.4 Å². The second-order valence-electron chi connectivity index (χ2n) is 25.2. The van der Waals surface area contributed by atoms with E-state index in [9.17, 15) is 14.4 Å². The number of carbonyl (C=O) groups excluding carboxylic acids is 3. The third-order valence-corrected chi connectivity index (χ3v) is 18.3. The number of hydrogen-bond acceptors (Lipinski definition) is 6. The van der Waals surface area contributed by atoms with Crippen LogP contribution in [0.15, 0.2) is 24.3 Å². The smallest absolute Gasteiger partial charge is 0.410 e. The SMILES string of the molecule is C=C[C@H](CC[C@@H](C)C1CC[C@H]2C34CC=C5C[C@@H](OC(=O)N(CCC6CC(NC(=O)OC(C)(C)C)C6)CCC6CC(NC(=O)OC(C)(C)C)C6)CC[C@]5(C)[C@@H](CC[C@]12C)[C@@H]3C4)C(C)C. The molecule has 63 heavy (non-hydrogen) atoms. The molecule has 10 atom stereocenters. The van der Waals surface area contributed by atoms with Crippen LogP contribution in [0, 0.1) is 69.5 Å². The van der Waals surface area contributed by atoms with E-state index < -0.39 is 11.2 Å². The summed E-state index contributed by atoms with van der Waals surface area (Å²) in [6, 6.07) is 0.233. The summed E-state index contributed by atoms with van der Waals surface area (Å²) in [5.41, 5.74) is 1.64. The van der Waals surface area contributed by atoms with Crippen LogP contribution in [-0.2, 0) is 14.2 Å².